The van der Waals surface area contributed by atoms with Gasteiger partial charge in [0.25, 0.3) is 0 Å². The van der Waals surface area contributed by atoms with Crippen molar-refractivity contribution in [1.29, 1.82) is 0 Å². The van der Waals surface area contributed by atoms with Crippen molar-refractivity contribution in [3.63, 3.8) is 0 Å². The van der Waals surface area contributed by atoms with E-state index in [-0.39, 0.29) is 0 Å². The van der Waals surface area contributed by atoms with E-state index in [0.29, 0.717) is 24.2 Å². The topological polar surface area (TPSA) is 6.25 Å². The lowest BCUT2D eigenvalue weighted by Gasteiger charge is -2.37. The van der Waals surface area contributed by atoms with Crippen molar-refractivity contribution in [2.75, 3.05) is 0 Å². The summed E-state index contributed by atoms with van der Waals surface area (Å²) in [6.07, 6.45) is 7.78. The summed E-state index contributed by atoms with van der Waals surface area (Å²) < 4.78 is 2.46. The highest BCUT2D eigenvalue weighted by atomic mass is 35.5. The number of hydrogen-bond donors (Lipinski definition) is 0. The third-order valence-corrected chi connectivity index (χ3v) is 5.20. The van der Waals surface area contributed by atoms with E-state index in [1.54, 1.807) is 0 Å². The van der Waals surface area contributed by atoms with Crippen molar-refractivity contribution in [3.05, 3.63) is 0 Å². The minimum Gasteiger partial charge on any atom is -0.247 e. The number of nitrogens with zero attached hydrogens (tertiary/aromatic N) is 2. The second kappa shape index (κ2) is 5.81. The van der Waals surface area contributed by atoms with Crippen molar-refractivity contribution in [2.24, 2.45) is 0 Å². The number of hydrogen-bond acceptors (Lipinski definition) is 0. The second-order valence-corrected chi connectivity index (χ2v) is 6.68. The quantitative estimate of drug-likeness (QED) is 0.369. The lowest BCUT2D eigenvalue weighted by molar-refractivity contribution is -0.607. The van der Waals surface area contributed by atoms with Crippen LogP contribution in [-0.4, -0.2) is 38.9 Å². The molecule has 2 aliphatic heterocycles. The Balaban J connectivity index is 2.28. The first kappa shape index (κ1) is 14.2. The minimum atomic E-state index is 0.586. The van der Waals surface area contributed by atoms with Crippen LogP contribution in [0.2, 0.25) is 0 Å². The molecule has 0 amide bonds. The van der Waals surface area contributed by atoms with Crippen LogP contribution in [0.25, 0.3) is 0 Å². The van der Waals surface area contributed by atoms with E-state index in [9.17, 15) is 0 Å². The first-order valence-corrected chi connectivity index (χ1v) is 7.99. The molecule has 0 aromatic carbocycles. The second-order valence-electron chi connectivity index (χ2n) is 6.34. The van der Waals surface area contributed by atoms with Crippen molar-refractivity contribution in [2.45, 2.75) is 90.4 Å². The fourth-order valence-electron chi connectivity index (χ4n) is 3.70. The van der Waals surface area contributed by atoms with Gasteiger partial charge in [0.15, 0.2) is 0 Å². The molecule has 0 aromatic heterocycles. The fourth-order valence-corrected chi connectivity index (χ4v) is 4.37. The van der Waals surface area contributed by atoms with E-state index < -0.39 is 0 Å². The summed E-state index contributed by atoms with van der Waals surface area (Å²) in [6, 6.07) is 2.34. The lowest BCUT2D eigenvalue weighted by Crippen LogP contribution is -2.52. The molecule has 2 fully saturated rings. The van der Waals surface area contributed by atoms with Gasteiger partial charge in [-0.25, -0.2) is 9.48 Å². The van der Waals surface area contributed by atoms with Gasteiger partial charge in [0, 0.05) is 11.6 Å². The molecule has 2 nitrogen and oxygen atoms in total. The summed E-state index contributed by atoms with van der Waals surface area (Å²) in [5, 5.41) is 1.01. The molecule has 4 atom stereocenters. The Kier molecular flexibility index (Phi) is 4.58. The highest BCUT2D eigenvalue weighted by molar-refractivity contribution is 6.63. The Morgan fingerprint density at radius 3 is 1.83 bits per heavy atom. The van der Waals surface area contributed by atoms with Gasteiger partial charge in [-0.15, -0.1) is 0 Å². The van der Waals surface area contributed by atoms with Crippen molar-refractivity contribution in [1.82, 2.24) is 4.90 Å². The molecule has 4 unspecified atom stereocenters. The molecular formula is C15H28ClN2+. The van der Waals surface area contributed by atoms with Crippen LogP contribution in [0.5, 0.6) is 0 Å². The van der Waals surface area contributed by atoms with Crippen LogP contribution in [0.3, 0.4) is 0 Å². The van der Waals surface area contributed by atoms with Crippen molar-refractivity contribution in [3.8, 4) is 0 Å². The molecule has 0 saturated carbocycles. The van der Waals surface area contributed by atoms with Gasteiger partial charge < -0.3 is 0 Å². The van der Waals surface area contributed by atoms with Gasteiger partial charge in [-0.05, 0) is 66.2 Å². The standard InChI is InChI=1S/C15H28ClN2/c1-11-7-5-8-12(2)17(11)15(16)18-13(3)9-6-10-14(18)4/h11-14H,5-10H2,1-4H3/q+1. The van der Waals surface area contributed by atoms with Crippen LogP contribution >= 0.6 is 11.6 Å². The molecule has 0 aliphatic carbocycles. The molecule has 0 bridgehead atoms. The van der Waals surface area contributed by atoms with Crippen LogP contribution in [0.15, 0.2) is 0 Å². The molecular weight excluding hydrogens is 244 g/mol. The Hall–Kier alpha value is -0.240. The summed E-state index contributed by atoms with van der Waals surface area (Å²) in [5.41, 5.74) is 0. The van der Waals surface area contributed by atoms with Crippen LogP contribution in [0.4, 0.5) is 0 Å². The van der Waals surface area contributed by atoms with Gasteiger partial charge in [-0.2, -0.15) is 0 Å². The molecule has 2 heterocycles. The van der Waals surface area contributed by atoms with Gasteiger partial charge in [0.2, 0.25) is 0 Å². The molecule has 2 rings (SSSR count). The molecule has 2 saturated heterocycles. The predicted octanol–water partition coefficient (Wildman–Crippen LogP) is 3.82. The SMILES string of the molecule is CC1CCCC(C)N1C(Cl)=[N+]1C(C)CCCC1C. The van der Waals surface area contributed by atoms with Gasteiger partial charge in [-0.1, -0.05) is 0 Å². The maximum Gasteiger partial charge on any atom is 0.345 e. The normalized spacial score (nSPS) is 37.8. The van der Waals surface area contributed by atoms with Gasteiger partial charge in [0.1, 0.15) is 0 Å². The maximum absolute atomic E-state index is 6.79. The summed E-state index contributed by atoms with van der Waals surface area (Å²) in [5.74, 6) is 0. The average Bonchev–Trinajstić information content (AvgIpc) is 2.28. The number of amidine groups is 1. The van der Waals surface area contributed by atoms with Crippen LogP contribution in [-0.2, 0) is 0 Å². The van der Waals surface area contributed by atoms with Crippen LogP contribution < -0.4 is 0 Å². The lowest BCUT2D eigenvalue weighted by atomic mass is 9.97. The maximum atomic E-state index is 6.79. The molecule has 104 valence electrons. The Bertz CT molecular complexity index is 304. The van der Waals surface area contributed by atoms with Crippen molar-refractivity contribution >= 4 is 16.9 Å². The first-order chi connectivity index (χ1) is 8.52. The average molecular weight is 272 g/mol. The highest BCUT2D eigenvalue weighted by Gasteiger charge is 2.37. The molecule has 18 heavy (non-hydrogen) atoms. The van der Waals surface area contributed by atoms with E-state index in [1.807, 2.05) is 0 Å². The van der Waals surface area contributed by atoms with Gasteiger partial charge >= 0.3 is 5.29 Å². The zero-order chi connectivity index (χ0) is 13.3. The molecule has 0 spiro atoms. The molecule has 3 heteroatoms. The van der Waals surface area contributed by atoms with Crippen molar-refractivity contribution < 1.29 is 4.58 Å². The monoisotopic (exact) mass is 271 g/mol. The number of halogens is 1. The Labute approximate surface area is 117 Å². The zero-order valence-corrected chi connectivity index (χ0v) is 13.1. The third-order valence-electron chi connectivity index (χ3n) is 4.81. The molecule has 0 N–H and O–H groups in total. The summed E-state index contributed by atoms with van der Waals surface area (Å²) in [7, 11) is 0. The molecule has 2 aliphatic rings. The van der Waals surface area contributed by atoms with Gasteiger partial charge in [0.05, 0.1) is 24.2 Å². The molecule has 0 radical (unpaired) electrons. The highest BCUT2D eigenvalue weighted by Crippen LogP contribution is 2.27. The fraction of sp³-hybridized carbons (Fsp3) is 0.933. The summed E-state index contributed by atoms with van der Waals surface area (Å²) >= 11 is 6.79. The molecule has 0 aromatic rings. The number of piperidine rings is 2. The van der Waals surface area contributed by atoms with E-state index in [1.165, 1.54) is 38.5 Å². The first-order valence-electron chi connectivity index (χ1n) is 7.61. The summed E-state index contributed by atoms with van der Waals surface area (Å²) in [6.45, 7) is 9.27. The number of likely N-dealkylation sites (tertiary alicyclic amines) is 1. The minimum absolute atomic E-state index is 0.586. The Morgan fingerprint density at radius 2 is 1.33 bits per heavy atom. The third kappa shape index (κ3) is 2.68. The largest absolute Gasteiger partial charge is 0.345 e. The summed E-state index contributed by atoms with van der Waals surface area (Å²) in [4.78, 5) is 2.46. The van der Waals surface area contributed by atoms with E-state index in [2.05, 4.69) is 37.2 Å². The van der Waals surface area contributed by atoms with Gasteiger partial charge in [-0.3, -0.25) is 0 Å². The van der Waals surface area contributed by atoms with E-state index >= 15 is 0 Å². The van der Waals surface area contributed by atoms with Crippen LogP contribution in [0, 0.1) is 0 Å². The predicted molar refractivity (Wildman–Crippen MR) is 78.5 cm³/mol. The Morgan fingerprint density at radius 1 is 0.889 bits per heavy atom. The van der Waals surface area contributed by atoms with E-state index in [0.717, 1.165) is 5.29 Å². The smallest absolute Gasteiger partial charge is 0.247 e. The zero-order valence-electron chi connectivity index (χ0n) is 12.3. The number of rotatable bonds is 0. The van der Waals surface area contributed by atoms with Crippen LogP contribution in [0.1, 0.15) is 66.2 Å². The van der Waals surface area contributed by atoms with E-state index in [4.69, 9.17) is 11.6 Å².